The van der Waals surface area contributed by atoms with Crippen LogP contribution in [0.4, 0.5) is 0 Å². The lowest BCUT2D eigenvalue weighted by molar-refractivity contribution is -0.121. The Morgan fingerprint density at radius 3 is 2.65 bits per heavy atom. The molecule has 1 saturated carbocycles. The van der Waals surface area contributed by atoms with Crippen molar-refractivity contribution in [1.82, 2.24) is 0 Å². The van der Waals surface area contributed by atoms with Crippen molar-refractivity contribution in [3.05, 3.63) is 11.6 Å². The number of ketones is 1. The van der Waals surface area contributed by atoms with E-state index >= 15 is 0 Å². The second kappa shape index (κ2) is 5.37. The number of allylic oxidation sites excluding steroid dienone is 2. The molecule has 0 aliphatic heterocycles. The van der Waals surface area contributed by atoms with Crippen LogP contribution >= 0.6 is 0 Å². The summed E-state index contributed by atoms with van der Waals surface area (Å²) in [5.74, 6) is 0.780. The van der Waals surface area contributed by atoms with Gasteiger partial charge in [0.05, 0.1) is 0 Å². The first-order valence-electron chi connectivity index (χ1n) is 7.34. The summed E-state index contributed by atoms with van der Waals surface area (Å²) in [7, 11) is 0. The molecule has 1 unspecified atom stereocenters. The van der Waals surface area contributed by atoms with Gasteiger partial charge < -0.3 is 0 Å². The molecule has 1 heteroatoms. The van der Waals surface area contributed by atoms with Crippen LogP contribution in [-0.2, 0) is 4.79 Å². The van der Waals surface area contributed by atoms with Gasteiger partial charge in [-0.15, -0.1) is 0 Å². The average Bonchev–Trinajstić information content (AvgIpc) is 2.56. The number of hydrogen-bond donors (Lipinski definition) is 0. The SMILES string of the molecule is CC1(C)CCCC1C(=O)C1=CCCCCCC1. The summed E-state index contributed by atoms with van der Waals surface area (Å²) in [6, 6.07) is 0. The van der Waals surface area contributed by atoms with Crippen LogP contribution in [0.1, 0.15) is 71.6 Å². The van der Waals surface area contributed by atoms with E-state index in [1.54, 1.807) is 0 Å². The largest absolute Gasteiger partial charge is 0.294 e. The quantitative estimate of drug-likeness (QED) is 0.679. The highest BCUT2D eigenvalue weighted by Crippen LogP contribution is 2.44. The van der Waals surface area contributed by atoms with Crippen LogP contribution in [0.15, 0.2) is 11.6 Å². The molecule has 2 rings (SSSR count). The molecule has 2 aliphatic carbocycles. The first-order valence-corrected chi connectivity index (χ1v) is 7.34. The first-order chi connectivity index (χ1) is 8.11. The van der Waals surface area contributed by atoms with Gasteiger partial charge in [-0.05, 0) is 49.5 Å². The summed E-state index contributed by atoms with van der Waals surface area (Å²) in [6.45, 7) is 4.54. The molecule has 0 aromatic carbocycles. The third kappa shape index (κ3) is 3.00. The van der Waals surface area contributed by atoms with Crippen LogP contribution in [0, 0.1) is 11.3 Å². The number of Topliss-reactive ketones (excluding diaryl/α,β-unsaturated/α-hetero) is 1. The summed E-state index contributed by atoms with van der Waals surface area (Å²) in [6.07, 6.45) is 13.1. The second-order valence-electron chi connectivity index (χ2n) is 6.48. The van der Waals surface area contributed by atoms with Crippen molar-refractivity contribution in [2.45, 2.75) is 71.6 Å². The van der Waals surface area contributed by atoms with Gasteiger partial charge in [0.2, 0.25) is 0 Å². The molecule has 1 fully saturated rings. The predicted octanol–water partition coefficient (Wildman–Crippen LogP) is 4.66. The maximum atomic E-state index is 12.6. The van der Waals surface area contributed by atoms with E-state index in [9.17, 15) is 4.79 Å². The average molecular weight is 234 g/mol. The number of carbonyl (C=O) groups excluding carboxylic acids is 1. The molecular formula is C16H26O. The van der Waals surface area contributed by atoms with Crippen LogP contribution in [-0.4, -0.2) is 5.78 Å². The summed E-state index contributed by atoms with van der Waals surface area (Å²) in [5, 5.41) is 0. The molecule has 0 aromatic heterocycles. The van der Waals surface area contributed by atoms with Gasteiger partial charge in [-0.2, -0.15) is 0 Å². The molecule has 0 bridgehead atoms. The Bertz CT molecular complexity index is 311. The molecule has 0 spiro atoms. The molecule has 17 heavy (non-hydrogen) atoms. The maximum Gasteiger partial charge on any atom is 0.162 e. The fourth-order valence-electron chi connectivity index (χ4n) is 3.45. The summed E-state index contributed by atoms with van der Waals surface area (Å²) in [5.41, 5.74) is 1.39. The number of carbonyl (C=O) groups is 1. The van der Waals surface area contributed by atoms with Crippen LogP contribution in [0.25, 0.3) is 0 Å². The van der Waals surface area contributed by atoms with E-state index < -0.39 is 0 Å². The standard InChI is InChI=1S/C16H26O/c1-16(2)12-8-11-14(16)15(17)13-9-6-4-3-5-7-10-13/h9,14H,3-8,10-12H2,1-2H3. The van der Waals surface area contributed by atoms with Crippen LogP contribution in [0.5, 0.6) is 0 Å². The molecule has 0 N–H and O–H groups in total. The maximum absolute atomic E-state index is 12.6. The zero-order valence-electron chi connectivity index (χ0n) is 11.4. The van der Waals surface area contributed by atoms with E-state index in [1.165, 1.54) is 38.5 Å². The fourth-order valence-corrected chi connectivity index (χ4v) is 3.45. The summed E-state index contributed by atoms with van der Waals surface area (Å²) < 4.78 is 0. The summed E-state index contributed by atoms with van der Waals surface area (Å²) >= 11 is 0. The van der Waals surface area contributed by atoms with Gasteiger partial charge in [-0.1, -0.05) is 39.2 Å². The smallest absolute Gasteiger partial charge is 0.162 e. The zero-order chi connectivity index (χ0) is 12.3. The summed E-state index contributed by atoms with van der Waals surface area (Å²) in [4.78, 5) is 12.6. The van der Waals surface area contributed by atoms with Crippen molar-refractivity contribution in [1.29, 1.82) is 0 Å². The molecule has 0 heterocycles. The molecule has 0 aromatic rings. The van der Waals surface area contributed by atoms with E-state index in [0.29, 0.717) is 11.7 Å². The van der Waals surface area contributed by atoms with Crippen molar-refractivity contribution in [2.75, 3.05) is 0 Å². The zero-order valence-corrected chi connectivity index (χ0v) is 11.4. The van der Waals surface area contributed by atoms with E-state index in [-0.39, 0.29) is 5.41 Å². The highest BCUT2D eigenvalue weighted by atomic mass is 16.1. The molecule has 0 radical (unpaired) electrons. The monoisotopic (exact) mass is 234 g/mol. The highest BCUT2D eigenvalue weighted by Gasteiger charge is 2.39. The lowest BCUT2D eigenvalue weighted by Crippen LogP contribution is -2.27. The Kier molecular flexibility index (Phi) is 4.06. The molecule has 2 aliphatic rings. The van der Waals surface area contributed by atoms with E-state index in [4.69, 9.17) is 0 Å². The van der Waals surface area contributed by atoms with Gasteiger partial charge in [0.1, 0.15) is 0 Å². The molecular weight excluding hydrogens is 208 g/mol. The lowest BCUT2D eigenvalue weighted by Gasteiger charge is -2.27. The van der Waals surface area contributed by atoms with E-state index in [2.05, 4.69) is 19.9 Å². The minimum atomic E-state index is 0.236. The second-order valence-corrected chi connectivity index (χ2v) is 6.48. The van der Waals surface area contributed by atoms with Crippen LogP contribution in [0.2, 0.25) is 0 Å². The molecule has 1 nitrogen and oxygen atoms in total. The van der Waals surface area contributed by atoms with Crippen molar-refractivity contribution in [3.63, 3.8) is 0 Å². The Labute approximate surface area is 106 Å². The highest BCUT2D eigenvalue weighted by molar-refractivity contribution is 5.97. The third-order valence-corrected chi connectivity index (χ3v) is 4.68. The Morgan fingerprint density at radius 1 is 1.18 bits per heavy atom. The topological polar surface area (TPSA) is 17.1 Å². The molecule has 0 saturated heterocycles. The normalized spacial score (nSPS) is 29.3. The van der Waals surface area contributed by atoms with Gasteiger partial charge in [-0.25, -0.2) is 0 Å². The first kappa shape index (κ1) is 12.9. The third-order valence-electron chi connectivity index (χ3n) is 4.68. The minimum Gasteiger partial charge on any atom is -0.294 e. The van der Waals surface area contributed by atoms with Crippen molar-refractivity contribution in [3.8, 4) is 0 Å². The van der Waals surface area contributed by atoms with E-state index in [0.717, 1.165) is 24.8 Å². The molecule has 0 amide bonds. The van der Waals surface area contributed by atoms with E-state index in [1.807, 2.05) is 0 Å². The van der Waals surface area contributed by atoms with Crippen molar-refractivity contribution >= 4 is 5.78 Å². The van der Waals surface area contributed by atoms with Gasteiger partial charge >= 0.3 is 0 Å². The molecule has 1 atom stereocenters. The van der Waals surface area contributed by atoms with Gasteiger partial charge in [0, 0.05) is 5.92 Å². The van der Waals surface area contributed by atoms with Crippen molar-refractivity contribution < 1.29 is 4.79 Å². The predicted molar refractivity (Wildman–Crippen MR) is 71.9 cm³/mol. The Hall–Kier alpha value is -0.590. The van der Waals surface area contributed by atoms with Gasteiger partial charge in [-0.3, -0.25) is 4.79 Å². The van der Waals surface area contributed by atoms with Crippen molar-refractivity contribution in [2.24, 2.45) is 11.3 Å². The van der Waals surface area contributed by atoms with Gasteiger partial charge in [0.15, 0.2) is 5.78 Å². The number of hydrogen-bond acceptors (Lipinski definition) is 1. The Balaban J connectivity index is 2.07. The van der Waals surface area contributed by atoms with Gasteiger partial charge in [0.25, 0.3) is 0 Å². The number of rotatable bonds is 2. The minimum absolute atomic E-state index is 0.236. The van der Waals surface area contributed by atoms with Crippen LogP contribution in [0.3, 0.4) is 0 Å². The lowest BCUT2D eigenvalue weighted by atomic mass is 9.76. The Morgan fingerprint density at radius 2 is 1.94 bits per heavy atom. The van der Waals surface area contributed by atoms with Crippen LogP contribution < -0.4 is 0 Å². The molecule has 96 valence electrons. The fraction of sp³-hybridized carbons (Fsp3) is 0.812.